The molecule has 8 heteroatoms. The number of esters is 1. The highest BCUT2D eigenvalue weighted by Gasteiger charge is 2.43. The maximum Gasteiger partial charge on any atom is 0.355 e. The van der Waals surface area contributed by atoms with E-state index in [0.717, 1.165) is 0 Å². The zero-order chi connectivity index (χ0) is 19.6. The molecule has 0 saturated heterocycles. The monoisotopic (exact) mass is 387 g/mol. The lowest BCUT2D eigenvalue weighted by Gasteiger charge is -2.16. The fraction of sp³-hybridized carbons (Fsp3) is 0.211. The van der Waals surface area contributed by atoms with Crippen LogP contribution in [0.4, 0.5) is 11.4 Å². The first-order valence-electron chi connectivity index (χ1n) is 8.24. The largest absolute Gasteiger partial charge is 0.497 e. The molecule has 0 aromatic heterocycles. The maximum atomic E-state index is 13.1. The van der Waals surface area contributed by atoms with E-state index >= 15 is 0 Å². The number of rotatable bonds is 5. The van der Waals surface area contributed by atoms with Crippen molar-refractivity contribution in [2.24, 2.45) is 5.10 Å². The number of ether oxygens (including phenoxy) is 2. The highest BCUT2D eigenvalue weighted by molar-refractivity contribution is 6.46. The zero-order valence-corrected chi connectivity index (χ0v) is 15.6. The number of nitrogens with zero attached hydrogens (tertiary/aromatic N) is 2. The van der Waals surface area contributed by atoms with Gasteiger partial charge in [0.1, 0.15) is 11.7 Å². The van der Waals surface area contributed by atoms with Gasteiger partial charge in [-0.25, -0.2) is 4.79 Å². The van der Waals surface area contributed by atoms with Crippen LogP contribution in [-0.4, -0.2) is 31.3 Å². The predicted octanol–water partition coefficient (Wildman–Crippen LogP) is 2.98. The van der Waals surface area contributed by atoms with Crippen LogP contribution in [0, 0.1) is 0 Å². The van der Waals surface area contributed by atoms with Gasteiger partial charge in [-0.3, -0.25) is 4.79 Å². The second kappa shape index (κ2) is 7.67. The van der Waals surface area contributed by atoms with Crippen molar-refractivity contribution in [1.82, 2.24) is 0 Å². The molecule has 0 radical (unpaired) electrons. The molecular formula is C19H18ClN3O4. The smallest absolute Gasteiger partial charge is 0.355 e. The molecule has 0 aliphatic carbocycles. The molecule has 0 bridgehead atoms. The molecule has 0 fully saturated rings. The molecule has 2 aromatic carbocycles. The number of carbonyl (C=O) groups excluding carboxylic acids is 2. The number of carbonyl (C=O) groups is 2. The Kier molecular flexibility index (Phi) is 5.32. The number of hydrazone groups is 1. The molecule has 27 heavy (non-hydrogen) atoms. The van der Waals surface area contributed by atoms with Crippen LogP contribution < -0.4 is 15.5 Å². The standard InChI is InChI=1S/C19H18ClN3O4/c1-3-27-19(25)17-16(14-9-4-11(20)10-15(14)21)18(24)23(22-17)12-5-7-13(26-2)8-6-12/h4-10,16H,3,21H2,1-2H3. The zero-order valence-electron chi connectivity index (χ0n) is 14.8. The Morgan fingerprint density at radius 1 is 1.26 bits per heavy atom. The van der Waals surface area contributed by atoms with Gasteiger partial charge in [-0.2, -0.15) is 10.1 Å². The van der Waals surface area contributed by atoms with Crippen molar-refractivity contribution in [3.63, 3.8) is 0 Å². The molecule has 1 heterocycles. The Bertz CT molecular complexity index is 912. The summed E-state index contributed by atoms with van der Waals surface area (Å²) in [4.78, 5) is 25.5. The number of halogens is 1. The van der Waals surface area contributed by atoms with Crippen molar-refractivity contribution in [1.29, 1.82) is 0 Å². The number of anilines is 2. The highest BCUT2D eigenvalue weighted by Crippen LogP contribution is 2.35. The molecule has 1 unspecified atom stereocenters. The van der Waals surface area contributed by atoms with Crippen molar-refractivity contribution in [3.05, 3.63) is 53.1 Å². The predicted molar refractivity (Wildman–Crippen MR) is 103 cm³/mol. The van der Waals surface area contributed by atoms with Crippen molar-refractivity contribution < 1.29 is 19.1 Å². The molecule has 1 aliphatic rings. The molecule has 2 aromatic rings. The van der Waals surface area contributed by atoms with E-state index in [-0.39, 0.29) is 12.3 Å². The van der Waals surface area contributed by atoms with Crippen LogP contribution in [0.3, 0.4) is 0 Å². The maximum absolute atomic E-state index is 13.1. The van der Waals surface area contributed by atoms with Crippen molar-refractivity contribution >= 4 is 40.6 Å². The molecule has 7 nitrogen and oxygen atoms in total. The summed E-state index contributed by atoms with van der Waals surface area (Å²) in [5.41, 5.74) is 7.27. The molecular weight excluding hydrogens is 370 g/mol. The Balaban J connectivity index is 2.05. The van der Waals surface area contributed by atoms with Crippen LogP contribution in [-0.2, 0) is 14.3 Å². The van der Waals surface area contributed by atoms with Crippen molar-refractivity contribution in [2.75, 3.05) is 24.5 Å². The minimum Gasteiger partial charge on any atom is -0.497 e. The van der Waals surface area contributed by atoms with Gasteiger partial charge >= 0.3 is 5.97 Å². The van der Waals surface area contributed by atoms with Gasteiger partial charge in [-0.05, 0) is 48.9 Å². The van der Waals surface area contributed by atoms with Gasteiger partial charge in [-0.15, -0.1) is 0 Å². The van der Waals surface area contributed by atoms with Crippen molar-refractivity contribution in [2.45, 2.75) is 12.8 Å². The van der Waals surface area contributed by atoms with Gasteiger partial charge in [0.05, 0.1) is 19.4 Å². The summed E-state index contributed by atoms with van der Waals surface area (Å²) in [6, 6.07) is 11.5. The van der Waals surface area contributed by atoms with Crippen LogP contribution in [0.25, 0.3) is 0 Å². The average Bonchev–Trinajstić information content (AvgIpc) is 2.99. The lowest BCUT2D eigenvalue weighted by Crippen LogP contribution is -2.29. The molecule has 140 valence electrons. The topological polar surface area (TPSA) is 94.2 Å². The summed E-state index contributed by atoms with van der Waals surface area (Å²) < 4.78 is 10.2. The SMILES string of the molecule is CCOC(=O)C1=NN(c2ccc(OC)cc2)C(=O)C1c1ccc(Cl)cc1N. The van der Waals surface area contributed by atoms with E-state index in [4.69, 9.17) is 26.8 Å². The molecule has 1 amide bonds. The Labute approximate surface area is 161 Å². The first-order chi connectivity index (χ1) is 13.0. The summed E-state index contributed by atoms with van der Waals surface area (Å²) in [6.45, 7) is 1.85. The fourth-order valence-corrected chi connectivity index (χ4v) is 3.00. The minimum atomic E-state index is -0.969. The number of hydrogen-bond acceptors (Lipinski definition) is 6. The van der Waals surface area contributed by atoms with E-state index in [0.29, 0.717) is 27.7 Å². The normalized spacial score (nSPS) is 16.3. The van der Waals surface area contributed by atoms with Gasteiger partial charge < -0.3 is 15.2 Å². The molecule has 1 aliphatic heterocycles. The molecule has 0 saturated carbocycles. The highest BCUT2D eigenvalue weighted by atomic mass is 35.5. The van der Waals surface area contributed by atoms with E-state index in [1.807, 2.05) is 0 Å². The number of amides is 1. The minimum absolute atomic E-state index is 0.0216. The lowest BCUT2D eigenvalue weighted by atomic mass is 9.92. The number of nitrogen functional groups attached to an aromatic ring is 1. The third kappa shape index (κ3) is 3.59. The van der Waals surface area contributed by atoms with Gasteiger partial charge in [-0.1, -0.05) is 17.7 Å². The molecule has 0 spiro atoms. The first-order valence-corrected chi connectivity index (χ1v) is 8.62. The summed E-state index contributed by atoms with van der Waals surface area (Å²) in [5, 5.41) is 5.84. The Hall–Kier alpha value is -3.06. The fourth-order valence-electron chi connectivity index (χ4n) is 2.81. The summed E-state index contributed by atoms with van der Waals surface area (Å²) in [6.07, 6.45) is 0. The summed E-state index contributed by atoms with van der Waals surface area (Å²) in [5.74, 6) is -1.40. The van der Waals surface area contributed by atoms with E-state index in [9.17, 15) is 9.59 Å². The van der Waals surface area contributed by atoms with E-state index < -0.39 is 17.8 Å². The van der Waals surface area contributed by atoms with Gasteiger partial charge in [0.15, 0.2) is 5.71 Å². The number of methoxy groups -OCH3 is 1. The number of nitrogens with two attached hydrogens (primary N) is 1. The summed E-state index contributed by atoms with van der Waals surface area (Å²) in [7, 11) is 1.55. The molecule has 1 atom stereocenters. The van der Waals surface area contributed by atoms with Gasteiger partial charge in [0.25, 0.3) is 5.91 Å². The lowest BCUT2D eigenvalue weighted by molar-refractivity contribution is -0.135. The average molecular weight is 388 g/mol. The van der Waals surface area contributed by atoms with E-state index in [2.05, 4.69) is 5.10 Å². The molecule has 2 N–H and O–H groups in total. The van der Waals surface area contributed by atoms with Gasteiger partial charge in [0, 0.05) is 10.7 Å². The van der Waals surface area contributed by atoms with Crippen LogP contribution in [0.5, 0.6) is 5.75 Å². The number of benzene rings is 2. The number of hydrogen-bond donors (Lipinski definition) is 1. The summed E-state index contributed by atoms with van der Waals surface area (Å²) >= 11 is 5.95. The Morgan fingerprint density at radius 3 is 2.56 bits per heavy atom. The quantitative estimate of drug-likeness (QED) is 0.628. The second-order valence-corrected chi connectivity index (χ2v) is 6.20. The van der Waals surface area contributed by atoms with E-state index in [1.165, 1.54) is 11.1 Å². The Morgan fingerprint density at radius 2 is 1.96 bits per heavy atom. The molecule has 3 rings (SSSR count). The van der Waals surface area contributed by atoms with Crippen LogP contribution in [0.2, 0.25) is 5.02 Å². The van der Waals surface area contributed by atoms with Crippen molar-refractivity contribution in [3.8, 4) is 5.75 Å². The van der Waals surface area contributed by atoms with E-state index in [1.54, 1.807) is 50.4 Å². The third-order valence-corrected chi connectivity index (χ3v) is 4.33. The van der Waals surface area contributed by atoms with Gasteiger partial charge in [0.2, 0.25) is 0 Å². The van der Waals surface area contributed by atoms with Crippen LogP contribution in [0.15, 0.2) is 47.6 Å². The second-order valence-electron chi connectivity index (χ2n) is 5.76. The first kappa shape index (κ1) is 18.7. The van der Waals surface area contributed by atoms with Crippen LogP contribution in [0.1, 0.15) is 18.4 Å². The third-order valence-electron chi connectivity index (χ3n) is 4.10. The van der Waals surface area contributed by atoms with Crippen LogP contribution >= 0.6 is 11.6 Å².